The number of rotatable bonds is 5. The Hall–Kier alpha value is -1.48. The Morgan fingerprint density at radius 2 is 1.95 bits per heavy atom. The Morgan fingerprint density at radius 3 is 2.63 bits per heavy atom. The van der Waals surface area contributed by atoms with E-state index < -0.39 is 0 Å². The van der Waals surface area contributed by atoms with Crippen molar-refractivity contribution in [3.05, 3.63) is 35.7 Å². The average molecular weight is 255 g/mol. The van der Waals surface area contributed by atoms with Crippen LogP contribution in [0.2, 0.25) is 0 Å². The molecular formula is C16H21N3. The van der Waals surface area contributed by atoms with Crippen molar-refractivity contribution < 1.29 is 0 Å². The molecule has 0 spiro atoms. The number of fused-ring (bicyclic) bond motifs is 1. The van der Waals surface area contributed by atoms with Crippen LogP contribution in [-0.4, -0.2) is 22.8 Å². The standard InChI is InChI=1S/C16H21N3/c1-3-17-15(12-8-9-12)10-16-14-7-5-4-6-13(14)11(2)18-19-16/h4-7,12,15,17H,3,8-10H2,1-2H3. The van der Waals surface area contributed by atoms with E-state index in [1.807, 2.05) is 6.92 Å². The van der Waals surface area contributed by atoms with Gasteiger partial charge in [0.1, 0.15) is 0 Å². The molecule has 1 aromatic heterocycles. The average Bonchev–Trinajstić information content (AvgIpc) is 3.26. The second-order valence-electron chi connectivity index (χ2n) is 5.48. The van der Waals surface area contributed by atoms with E-state index in [0.29, 0.717) is 6.04 Å². The van der Waals surface area contributed by atoms with Crippen LogP contribution in [0.3, 0.4) is 0 Å². The van der Waals surface area contributed by atoms with Crippen molar-refractivity contribution in [3.63, 3.8) is 0 Å². The molecule has 1 saturated carbocycles. The van der Waals surface area contributed by atoms with Crippen molar-refractivity contribution >= 4 is 10.8 Å². The molecule has 19 heavy (non-hydrogen) atoms. The molecule has 3 heteroatoms. The number of nitrogens with zero attached hydrogens (tertiary/aromatic N) is 2. The Morgan fingerprint density at radius 1 is 1.21 bits per heavy atom. The zero-order valence-electron chi connectivity index (χ0n) is 11.7. The van der Waals surface area contributed by atoms with Crippen LogP contribution in [0.15, 0.2) is 24.3 Å². The lowest BCUT2D eigenvalue weighted by molar-refractivity contribution is 0.468. The summed E-state index contributed by atoms with van der Waals surface area (Å²) in [6.07, 6.45) is 3.70. The SMILES string of the molecule is CCNC(Cc1nnc(C)c2ccccc12)C1CC1. The summed E-state index contributed by atoms with van der Waals surface area (Å²) in [6, 6.07) is 9.03. The summed E-state index contributed by atoms with van der Waals surface area (Å²) in [7, 11) is 0. The van der Waals surface area contributed by atoms with E-state index in [1.165, 1.54) is 23.6 Å². The van der Waals surface area contributed by atoms with Crippen molar-refractivity contribution in [2.24, 2.45) is 5.92 Å². The van der Waals surface area contributed by atoms with Gasteiger partial charge in [0.05, 0.1) is 11.4 Å². The molecule has 1 heterocycles. The molecule has 3 nitrogen and oxygen atoms in total. The van der Waals surface area contributed by atoms with Gasteiger partial charge >= 0.3 is 0 Å². The van der Waals surface area contributed by atoms with Gasteiger partial charge in [-0.2, -0.15) is 10.2 Å². The number of likely N-dealkylation sites (N-methyl/N-ethyl adjacent to an activating group) is 1. The summed E-state index contributed by atoms with van der Waals surface area (Å²) in [6.45, 7) is 5.23. The molecule has 0 bridgehead atoms. The van der Waals surface area contributed by atoms with Crippen LogP contribution < -0.4 is 5.32 Å². The lowest BCUT2D eigenvalue weighted by Gasteiger charge is -2.17. The van der Waals surface area contributed by atoms with Crippen LogP contribution in [-0.2, 0) is 6.42 Å². The lowest BCUT2D eigenvalue weighted by atomic mass is 10.0. The molecule has 0 saturated heterocycles. The molecule has 1 fully saturated rings. The fourth-order valence-electron chi connectivity index (χ4n) is 2.82. The van der Waals surface area contributed by atoms with Gasteiger partial charge in [-0.05, 0) is 32.2 Å². The Balaban J connectivity index is 1.93. The van der Waals surface area contributed by atoms with Crippen molar-refractivity contribution in [2.75, 3.05) is 6.54 Å². The maximum Gasteiger partial charge on any atom is 0.0725 e. The highest BCUT2D eigenvalue weighted by atomic mass is 15.1. The quantitative estimate of drug-likeness (QED) is 0.892. The fourth-order valence-corrected chi connectivity index (χ4v) is 2.82. The van der Waals surface area contributed by atoms with E-state index in [4.69, 9.17) is 0 Å². The first-order valence-electron chi connectivity index (χ1n) is 7.24. The Bertz CT molecular complexity index is 575. The number of hydrogen-bond acceptors (Lipinski definition) is 3. The number of aromatic nitrogens is 2. The molecule has 0 amide bonds. The van der Waals surface area contributed by atoms with E-state index in [9.17, 15) is 0 Å². The van der Waals surface area contributed by atoms with E-state index in [2.05, 4.69) is 46.7 Å². The van der Waals surface area contributed by atoms with Crippen LogP contribution in [0.1, 0.15) is 31.2 Å². The third kappa shape index (κ3) is 2.61. The van der Waals surface area contributed by atoms with E-state index in [0.717, 1.165) is 30.3 Å². The zero-order valence-corrected chi connectivity index (χ0v) is 11.7. The second-order valence-corrected chi connectivity index (χ2v) is 5.48. The van der Waals surface area contributed by atoms with Gasteiger partial charge in [-0.25, -0.2) is 0 Å². The maximum atomic E-state index is 4.45. The van der Waals surface area contributed by atoms with E-state index >= 15 is 0 Å². The third-order valence-electron chi connectivity index (χ3n) is 4.02. The fraction of sp³-hybridized carbons (Fsp3) is 0.500. The van der Waals surface area contributed by atoms with Gasteiger partial charge in [-0.15, -0.1) is 0 Å². The van der Waals surface area contributed by atoms with E-state index in [1.54, 1.807) is 0 Å². The normalized spacial score (nSPS) is 16.7. The van der Waals surface area contributed by atoms with Crippen molar-refractivity contribution in [3.8, 4) is 0 Å². The summed E-state index contributed by atoms with van der Waals surface area (Å²) in [5.41, 5.74) is 2.16. The highest BCUT2D eigenvalue weighted by Gasteiger charge is 2.31. The minimum Gasteiger partial charge on any atom is -0.314 e. The Labute approximate surface area is 114 Å². The Kier molecular flexibility index (Phi) is 3.47. The molecule has 1 aliphatic carbocycles. The van der Waals surface area contributed by atoms with Crippen LogP contribution in [0.4, 0.5) is 0 Å². The first-order chi connectivity index (χ1) is 9.29. The molecular weight excluding hydrogens is 234 g/mol. The molecule has 1 aliphatic rings. The molecule has 2 aromatic rings. The van der Waals surface area contributed by atoms with Crippen LogP contribution >= 0.6 is 0 Å². The highest BCUT2D eigenvalue weighted by Crippen LogP contribution is 2.34. The predicted octanol–water partition coefficient (Wildman–Crippen LogP) is 2.87. The number of nitrogens with one attached hydrogen (secondary N) is 1. The van der Waals surface area contributed by atoms with Gasteiger partial charge in [-0.3, -0.25) is 0 Å². The molecule has 0 radical (unpaired) electrons. The van der Waals surface area contributed by atoms with Crippen LogP contribution in [0.5, 0.6) is 0 Å². The molecule has 100 valence electrons. The summed E-state index contributed by atoms with van der Waals surface area (Å²) in [5.74, 6) is 0.835. The summed E-state index contributed by atoms with van der Waals surface area (Å²) in [5, 5.41) is 14.9. The topological polar surface area (TPSA) is 37.8 Å². The molecule has 3 rings (SSSR count). The predicted molar refractivity (Wildman–Crippen MR) is 78.2 cm³/mol. The number of hydrogen-bond donors (Lipinski definition) is 1. The largest absolute Gasteiger partial charge is 0.314 e. The molecule has 1 aromatic carbocycles. The van der Waals surface area contributed by atoms with Gasteiger partial charge < -0.3 is 5.32 Å². The molecule has 1 atom stereocenters. The zero-order chi connectivity index (χ0) is 13.2. The van der Waals surface area contributed by atoms with Crippen LogP contribution in [0.25, 0.3) is 10.8 Å². The second kappa shape index (κ2) is 5.25. The van der Waals surface area contributed by atoms with Crippen molar-refractivity contribution in [1.29, 1.82) is 0 Å². The maximum absolute atomic E-state index is 4.45. The van der Waals surface area contributed by atoms with Crippen molar-refractivity contribution in [2.45, 2.75) is 39.2 Å². The van der Waals surface area contributed by atoms with Crippen molar-refractivity contribution in [1.82, 2.24) is 15.5 Å². The number of benzene rings is 1. The molecule has 1 unspecified atom stereocenters. The minimum absolute atomic E-state index is 0.561. The molecule has 1 N–H and O–H groups in total. The van der Waals surface area contributed by atoms with Gasteiger partial charge in [0.15, 0.2) is 0 Å². The van der Waals surface area contributed by atoms with Gasteiger partial charge in [0.25, 0.3) is 0 Å². The minimum atomic E-state index is 0.561. The van der Waals surface area contributed by atoms with Gasteiger partial charge in [0, 0.05) is 23.2 Å². The van der Waals surface area contributed by atoms with Crippen LogP contribution in [0, 0.1) is 12.8 Å². The van der Waals surface area contributed by atoms with Gasteiger partial charge in [0.2, 0.25) is 0 Å². The monoisotopic (exact) mass is 255 g/mol. The molecule has 0 aliphatic heterocycles. The third-order valence-corrected chi connectivity index (χ3v) is 4.02. The smallest absolute Gasteiger partial charge is 0.0725 e. The summed E-state index contributed by atoms with van der Waals surface area (Å²) >= 11 is 0. The van der Waals surface area contributed by atoms with E-state index in [-0.39, 0.29) is 0 Å². The summed E-state index contributed by atoms with van der Waals surface area (Å²) in [4.78, 5) is 0. The first-order valence-corrected chi connectivity index (χ1v) is 7.24. The first kappa shape index (κ1) is 12.5. The highest BCUT2D eigenvalue weighted by molar-refractivity contribution is 5.86. The number of aryl methyl sites for hydroxylation is 1. The summed E-state index contributed by atoms with van der Waals surface area (Å²) < 4.78 is 0. The lowest BCUT2D eigenvalue weighted by Crippen LogP contribution is -2.33. The van der Waals surface area contributed by atoms with Gasteiger partial charge in [-0.1, -0.05) is 31.2 Å².